The van der Waals surface area contributed by atoms with Crippen LogP contribution < -0.4 is 9.47 Å². The van der Waals surface area contributed by atoms with Gasteiger partial charge in [-0.15, -0.1) is 0 Å². The fourth-order valence-electron chi connectivity index (χ4n) is 5.85. The van der Waals surface area contributed by atoms with Gasteiger partial charge in [-0.05, 0) is 55.5 Å². The molecule has 1 atom stereocenters. The summed E-state index contributed by atoms with van der Waals surface area (Å²) in [6.07, 6.45) is 6.83. The molecule has 2 aromatic carbocycles. The van der Waals surface area contributed by atoms with Gasteiger partial charge in [-0.1, -0.05) is 43.2 Å². The number of ether oxygens (including phenoxy) is 3. The second-order valence-corrected chi connectivity index (χ2v) is 9.56. The van der Waals surface area contributed by atoms with E-state index in [1.54, 1.807) is 7.11 Å². The molecular formula is C27H33NO4. The summed E-state index contributed by atoms with van der Waals surface area (Å²) in [6, 6.07) is 18.1. The van der Waals surface area contributed by atoms with Gasteiger partial charge in [0.2, 0.25) is 5.91 Å². The number of likely N-dealkylation sites (tertiary alicyclic amines) is 1. The third-order valence-corrected chi connectivity index (χ3v) is 7.69. The van der Waals surface area contributed by atoms with E-state index in [0.717, 1.165) is 75.1 Å². The molecule has 5 nitrogen and oxygen atoms in total. The number of rotatable bonds is 5. The molecule has 170 valence electrons. The minimum atomic E-state index is -0.383. The van der Waals surface area contributed by atoms with Crippen molar-refractivity contribution in [3.63, 3.8) is 0 Å². The van der Waals surface area contributed by atoms with Crippen LogP contribution in [0.5, 0.6) is 11.5 Å². The second kappa shape index (κ2) is 8.78. The summed E-state index contributed by atoms with van der Waals surface area (Å²) >= 11 is 0. The summed E-state index contributed by atoms with van der Waals surface area (Å²) in [5.41, 5.74) is 0.598. The maximum atomic E-state index is 13.8. The SMILES string of the molecule is COc1ccc(C2(C(=O)N3CCC4(CC3)CC(Oc3ccccc3)CO4)CCCC2)cc1. The van der Waals surface area contributed by atoms with Crippen molar-refractivity contribution in [2.45, 2.75) is 62.1 Å². The molecule has 32 heavy (non-hydrogen) atoms. The molecule has 5 rings (SSSR count). The van der Waals surface area contributed by atoms with Gasteiger partial charge in [-0.25, -0.2) is 0 Å². The number of carbonyl (C=O) groups is 1. The Morgan fingerprint density at radius 2 is 1.62 bits per heavy atom. The van der Waals surface area contributed by atoms with E-state index in [4.69, 9.17) is 14.2 Å². The van der Waals surface area contributed by atoms with Crippen LogP contribution in [0.4, 0.5) is 0 Å². The zero-order valence-electron chi connectivity index (χ0n) is 18.9. The number of para-hydroxylation sites is 1. The number of benzene rings is 2. The molecule has 2 aliphatic heterocycles. The highest BCUT2D eigenvalue weighted by atomic mass is 16.6. The summed E-state index contributed by atoms with van der Waals surface area (Å²) < 4.78 is 17.7. The van der Waals surface area contributed by atoms with Gasteiger partial charge in [0.05, 0.1) is 24.7 Å². The molecule has 0 radical (unpaired) electrons. The predicted molar refractivity (Wildman–Crippen MR) is 123 cm³/mol. The van der Waals surface area contributed by atoms with Gasteiger partial charge in [0.15, 0.2) is 0 Å². The van der Waals surface area contributed by atoms with Gasteiger partial charge in [0.1, 0.15) is 17.6 Å². The lowest BCUT2D eigenvalue weighted by Gasteiger charge is -2.42. The Morgan fingerprint density at radius 3 is 2.28 bits per heavy atom. The number of carbonyl (C=O) groups excluding carboxylic acids is 1. The quantitative estimate of drug-likeness (QED) is 0.681. The first-order valence-electron chi connectivity index (χ1n) is 11.9. The Hall–Kier alpha value is -2.53. The van der Waals surface area contributed by atoms with E-state index in [-0.39, 0.29) is 17.1 Å². The molecule has 0 aromatic heterocycles. The second-order valence-electron chi connectivity index (χ2n) is 9.56. The van der Waals surface area contributed by atoms with Crippen LogP contribution in [-0.2, 0) is 14.9 Å². The Morgan fingerprint density at radius 1 is 0.938 bits per heavy atom. The maximum Gasteiger partial charge on any atom is 0.233 e. The van der Waals surface area contributed by atoms with Gasteiger partial charge in [0, 0.05) is 19.5 Å². The van der Waals surface area contributed by atoms with Crippen LogP contribution >= 0.6 is 0 Å². The Balaban J connectivity index is 1.24. The van der Waals surface area contributed by atoms with Crippen LogP contribution in [0.1, 0.15) is 50.5 Å². The van der Waals surface area contributed by atoms with Gasteiger partial charge in [0.25, 0.3) is 0 Å². The van der Waals surface area contributed by atoms with Crippen molar-refractivity contribution >= 4 is 5.91 Å². The highest BCUT2D eigenvalue weighted by molar-refractivity contribution is 5.88. The smallest absolute Gasteiger partial charge is 0.233 e. The van der Waals surface area contributed by atoms with Gasteiger partial charge < -0.3 is 19.1 Å². The molecule has 1 amide bonds. The monoisotopic (exact) mass is 435 g/mol. The summed E-state index contributed by atoms with van der Waals surface area (Å²) in [7, 11) is 1.68. The third kappa shape index (κ3) is 3.99. The summed E-state index contributed by atoms with van der Waals surface area (Å²) in [5, 5.41) is 0. The van der Waals surface area contributed by atoms with Crippen molar-refractivity contribution in [3.05, 3.63) is 60.2 Å². The number of amides is 1. The number of nitrogens with zero attached hydrogens (tertiary/aromatic N) is 1. The Labute approximate surface area is 190 Å². The summed E-state index contributed by atoms with van der Waals surface area (Å²) in [5.74, 6) is 2.03. The fourth-order valence-corrected chi connectivity index (χ4v) is 5.85. The molecule has 5 heteroatoms. The summed E-state index contributed by atoms with van der Waals surface area (Å²) in [6.45, 7) is 2.14. The van der Waals surface area contributed by atoms with Crippen LogP contribution in [0.3, 0.4) is 0 Å². The predicted octanol–water partition coefficient (Wildman–Crippen LogP) is 4.74. The molecule has 0 bridgehead atoms. The highest BCUT2D eigenvalue weighted by Gasteiger charge is 2.49. The first-order valence-corrected chi connectivity index (χ1v) is 11.9. The van der Waals surface area contributed by atoms with Crippen LogP contribution in [0.25, 0.3) is 0 Å². The average molecular weight is 436 g/mol. The first kappa shape index (κ1) is 21.3. The van der Waals surface area contributed by atoms with Gasteiger partial charge in [-0.2, -0.15) is 0 Å². The molecular weight excluding hydrogens is 402 g/mol. The number of hydrogen-bond donors (Lipinski definition) is 0. The zero-order valence-corrected chi connectivity index (χ0v) is 18.9. The normalized spacial score (nSPS) is 23.9. The van der Waals surface area contributed by atoms with E-state index in [0.29, 0.717) is 12.5 Å². The van der Waals surface area contributed by atoms with E-state index < -0.39 is 0 Å². The van der Waals surface area contributed by atoms with Gasteiger partial charge in [-0.3, -0.25) is 4.79 Å². The van der Waals surface area contributed by atoms with E-state index in [2.05, 4.69) is 17.0 Å². The molecule has 1 spiro atoms. The van der Waals surface area contributed by atoms with E-state index in [9.17, 15) is 4.79 Å². The van der Waals surface area contributed by atoms with Crippen LogP contribution in [0, 0.1) is 0 Å². The minimum Gasteiger partial charge on any atom is -0.497 e. The van der Waals surface area contributed by atoms with Gasteiger partial charge >= 0.3 is 0 Å². The molecule has 3 fully saturated rings. The number of hydrogen-bond acceptors (Lipinski definition) is 4. The standard InChI is InChI=1S/C27H33NO4/c1-30-22-11-9-21(10-12-22)27(13-5-6-14-27)25(29)28-17-15-26(16-18-28)19-24(20-31-26)32-23-7-3-2-4-8-23/h2-4,7-12,24H,5-6,13-20H2,1H3. The highest BCUT2D eigenvalue weighted by Crippen LogP contribution is 2.45. The molecule has 1 unspecified atom stereocenters. The van der Waals surface area contributed by atoms with Crippen molar-refractivity contribution in [1.82, 2.24) is 4.90 Å². The molecule has 1 aliphatic carbocycles. The largest absolute Gasteiger partial charge is 0.497 e. The topological polar surface area (TPSA) is 48.0 Å². The molecule has 3 aliphatic rings. The van der Waals surface area contributed by atoms with Crippen LogP contribution in [0.15, 0.2) is 54.6 Å². The van der Waals surface area contributed by atoms with Crippen molar-refractivity contribution < 1.29 is 19.0 Å². The zero-order chi connectivity index (χ0) is 22.0. The fraction of sp³-hybridized carbons (Fsp3) is 0.519. The molecule has 2 aromatic rings. The lowest BCUT2D eigenvalue weighted by molar-refractivity contribution is -0.142. The Bertz CT molecular complexity index is 912. The van der Waals surface area contributed by atoms with E-state index in [1.165, 1.54) is 0 Å². The number of piperidine rings is 1. The molecule has 0 N–H and O–H groups in total. The average Bonchev–Trinajstić information content (AvgIpc) is 3.49. The van der Waals surface area contributed by atoms with Crippen LogP contribution in [-0.4, -0.2) is 49.3 Å². The molecule has 2 heterocycles. The van der Waals surface area contributed by atoms with Crippen molar-refractivity contribution in [2.24, 2.45) is 0 Å². The van der Waals surface area contributed by atoms with E-state index in [1.807, 2.05) is 42.5 Å². The van der Waals surface area contributed by atoms with Crippen molar-refractivity contribution in [2.75, 3.05) is 26.8 Å². The van der Waals surface area contributed by atoms with E-state index >= 15 is 0 Å². The maximum absolute atomic E-state index is 13.8. The van der Waals surface area contributed by atoms with Crippen molar-refractivity contribution in [3.8, 4) is 11.5 Å². The van der Waals surface area contributed by atoms with Crippen LogP contribution in [0.2, 0.25) is 0 Å². The summed E-state index contributed by atoms with van der Waals surface area (Å²) in [4.78, 5) is 15.9. The minimum absolute atomic E-state index is 0.0834. The first-order chi connectivity index (χ1) is 15.6. The molecule has 1 saturated carbocycles. The molecule has 2 saturated heterocycles. The lowest BCUT2D eigenvalue weighted by atomic mass is 9.76. The lowest BCUT2D eigenvalue weighted by Crippen LogP contribution is -2.52. The van der Waals surface area contributed by atoms with Crippen molar-refractivity contribution in [1.29, 1.82) is 0 Å². The third-order valence-electron chi connectivity index (χ3n) is 7.69. The Kier molecular flexibility index (Phi) is 5.85. The number of methoxy groups -OCH3 is 1.